The first-order valence-corrected chi connectivity index (χ1v) is 7.01. The standard InChI is InChI=1S/C15H19F3N2O2/c1-22-13(21)14(19)6-8-20(9-7-14)10-11-4-2-3-5-12(11)15(16,17)18/h2-5H,6-10,19H2,1H3. The van der Waals surface area contributed by atoms with Gasteiger partial charge < -0.3 is 10.5 Å². The minimum Gasteiger partial charge on any atom is -0.468 e. The van der Waals surface area contributed by atoms with Crippen LogP contribution in [0.25, 0.3) is 0 Å². The van der Waals surface area contributed by atoms with Crippen molar-refractivity contribution in [3.8, 4) is 0 Å². The molecule has 0 aliphatic carbocycles. The van der Waals surface area contributed by atoms with Gasteiger partial charge in [0.15, 0.2) is 0 Å². The summed E-state index contributed by atoms with van der Waals surface area (Å²) in [5, 5.41) is 0. The lowest BCUT2D eigenvalue weighted by Crippen LogP contribution is -2.55. The van der Waals surface area contributed by atoms with E-state index in [2.05, 4.69) is 4.74 Å². The van der Waals surface area contributed by atoms with Crippen LogP contribution in [0, 0.1) is 0 Å². The molecule has 2 N–H and O–H groups in total. The molecule has 0 spiro atoms. The van der Waals surface area contributed by atoms with Crippen LogP contribution in [0.4, 0.5) is 13.2 Å². The van der Waals surface area contributed by atoms with Crippen molar-refractivity contribution in [3.05, 3.63) is 35.4 Å². The van der Waals surface area contributed by atoms with E-state index in [0.717, 1.165) is 6.07 Å². The van der Waals surface area contributed by atoms with Crippen molar-refractivity contribution in [1.82, 2.24) is 4.90 Å². The molecule has 1 heterocycles. The summed E-state index contributed by atoms with van der Waals surface area (Å²) in [5.41, 5.74) is 4.57. The van der Waals surface area contributed by atoms with Crippen molar-refractivity contribution in [2.24, 2.45) is 5.73 Å². The molecule has 0 unspecified atom stereocenters. The van der Waals surface area contributed by atoms with Crippen molar-refractivity contribution in [3.63, 3.8) is 0 Å². The van der Waals surface area contributed by atoms with E-state index in [9.17, 15) is 18.0 Å². The number of carbonyl (C=O) groups excluding carboxylic acids is 1. The molecule has 4 nitrogen and oxygen atoms in total. The van der Waals surface area contributed by atoms with Gasteiger partial charge in [0.2, 0.25) is 0 Å². The van der Waals surface area contributed by atoms with Crippen molar-refractivity contribution in [2.75, 3.05) is 20.2 Å². The third kappa shape index (κ3) is 3.59. The second-order valence-electron chi connectivity index (χ2n) is 5.58. The Morgan fingerprint density at radius 3 is 2.45 bits per heavy atom. The van der Waals surface area contributed by atoms with Crippen molar-refractivity contribution in [1.29, 1.82) is 0 Å². The lowest BCUT2D eigenvalue weighted by molar-refractivity contribution is -0.149. The number of hydrogen-bond donors (Lipinski definition) is 1. The van der Waals surface area contributed by atoms with E-state index in [1.165, 1.54) is 19.2 Å². The zero-order valence-electron chi connectivity index (χ0n) is 12.3. The number of likely N-dealkylation sites (tertiary alicyclic amines) is 1. The number of nitrogens with two attached hydrogens (primary N) is 1. The number of benzene rings is 1. The van der Waals surface area contributed by atoms with Gasteiger partial charge in [0.05, 0.1) is 12.7 Å². The molecule has 1 saturated heterocycles. The highest BCUT2D eigenvalue weighted by atomic mass is 19.4. The van der Waals surface area contributed by atoms with Crippen molar-refractivity contribution < 1.29 is 22.7 Å². The topological polar surface area (TPSA) is 55.6 Å². The third-order valence-corrected chi connectivity index (χ3v) is 4.06. The number of piperidine rings is 1. The van der Waals surface area contributed by atoms with Crippen LogP contribution < -0.4 is 5.73 Å². The summed E-state index contributed by atoms with van der Waals surface area (Å²) in [6, 6.07) is 5.54. The Labute approximate surface area is 127 Å². The van der Waals surface area contributed by atoms with Gasteiger partial charge >= 0.3 is 12.1 Å². The number of alkyl halides is 3. The van der Waals surface area contributed by atoms with Crippen LogP contribution in [0.3, 0.4) is 0 Å². The molecule has 0 bridgehead atoms. The first kappa shape index (κ1) is 16.8. The fourth-order valence-corrected chi connectivity index (χ4v) is 2.69. The van der Waals surface area contributed by atoms with Gasteiger partial charge in [-0.05, 0) is 24.5 Å². The normalized spacial score (nSPS) is 19.0. The Morgan fingerprint density at radius 2 is 1.91 bits per heavy atom. The van der Waals surface area contributed by atoms with Crippen LogP contribution in [-0.2, 0) is 22.3 Å². The minimum absolute atomic E-state index is 0.187. The summed E-state index contributed by atoms with van der Waals surface area (Å²) in [5.74, 6) is -0.470. The molecule has 1 aliphatic heterocycles. The lowest BCUT2D eigenvalue weighted by Gasteiger charge is -2.37. The minimum atomic E-state index is -4.37. The zero-order chi connectivity index (χ0) is 16.4. The number of carbonyl (C=O) groups is 1. The maximum absolute atomic E-state index is 13.0. The van der Waals surface area contributed by atoms with E-state index < -0.39 is 23.2 Å². The summed E-state index contributed by atoms with van der Waals surface area (Å²) in [6.45, 7) is 1.10. The lowest BCUT2D eigenvalue weighted by atomic mass is 9.88. The molecule has 1 aromatic rings. The van der Waals surface area contributed by atoms with Gasteiger partial charge in [-0.25, -0.2) is 0 Å². The SMILES string of the molecule is COC(=O)C1(N)CCN(Cc2ccccc2C(F)(F)F)CC1. The number of nitrogens with zero attached hydrogens (tertiary/aromatic N) is 1. The van der Waals surface area contributed by atoms with Gasteiger partial charge in [0.25, 0.3) is 0 Å². The Kier molecular flexibility index (Phi) is 4.77. The van der Waals surface area contributed by atoms with Crippen LogP contribution in [-0.4, -0.2) is 36.6 Å². The van der Waals surface area contributed by atoms with Gasteiger partial charge in [-0.15, -0.1) is 0 Å². The van der Waals surface area contributed by atoms with Gasteiger partial charge in [-0.3, -0.25) is 9.69 Å². The Morgan fingerprint density at radius 1 is 1.32 bits per heavy atom. The Hall–Kier alpha value is -1.60. The fraction of sp³-hybridized carbons (Fsp3) is 0.533. The first-order valence-electron chi connectivity index (χ1n) is 7.01. The summed E-state index contributed by atoms with van der Waals surface area (Å²) >= 11 is 0. The van der Waals surface area contributed by atoms with Crippen LogP contribution in [0.5, 0.6) is 0 Å². The fourth-order valence-electron chi connectivity index (χ4n) is 2.69. The molecular weight excluding hydrogens is 297 g/mol. The second-order valence-corrected chi connectivity index (χ2v) is 5.58. The molecule has 2 rings (SSSR count). The van der Waals surface area contributed by atoms with E-state index in [0.29, 0.717) is 25.9 Å². The molecule has 0 aromatic heterocycles. The largest absolute Gasteiger partial charge is 0.468 e. The number of halogens is 3. The number of ether oxygens (including phenoxy) is 1. The quantitative estimate of drug-likeness (QED) is 0.869. The molecule has 1 fully saturated rings. The number of methoxy groups -OCH3 is 1. The molecule has 22 heavy (non-hydrogen) atoms. The average molecular weight is 316 g/mol. The molecule has 122 valence electrons. The molecule has 0 radical (unpaired) electrons. The number of rotatable bonds is 3. The Bertz CT molecular complexity index is 538. The highest BCUT2D eigenvalue weighted by Gasteiger charge is 2.39. The van der Waals surface area contributed by atoms with Crippen molar-refractivity contribution in [2.45, 2.75) is 31.1 Å². The molecule has 1 aliphatic rings. The average Bonchev–Trinajstić information content (AvgIpc) is 2.48. The molecule has 0 amide bonds. The van der Waals surface area contributed by atoms with Gasteiger partial charge in [0, 0.05) is 19.6 Å². The van der Waals surface area contributed by atoms with Crippen LogP contribution in [0.2, 0.25) is 0 Å². The maximum atomic E-state index is 13.0. The highest BCUT2D eigenvalue weighted by Crippen LogP contribution is 2.33. The molecule has 0 atom stereocenters. The van der Waals surface area contributed by atoms with Crippen LogP contribution in [0.15, 0.2) is 24.3 Å². The summed E-state index contributed by atoms with van der Waals surface area (Å²) < 4.78 is 43.6. The second kappa shape index (κ2) is 6.26. The molecule has 0 saturated carbocycles. The van der Waals surface area contributed by atoms with E-state index in [-0.39, 0.29) is 12.1 Å². The maximum Gasteiger partial charge on any atom is 0.416 e. The first-order chi connectivity index (χ1) is 10.3. The number of esters is 1. The van der Waals surface area contributed by atoms with E-state index in [1.807, 2.05) is 4.90 Å². The van der Waals surface area contributed by atoms with Crippen molar-refractivity contribution >= 4 is 5.97 Å². The Balaban J connectivity index is 2.05. The van der Waals surface area contributed by atoms with Gasteiger partial charge in [-0.2, -0.15) is 13.2 Å². The smallest absolute Gasteiger partial charge is 0.416 e. The predicted molar refractivity (Wildman–Crippen MR) is 74.9 cm³/mol. The molecule has 1 aromatic carbocycles. The summed E-state index contributed by atoms with van der Waals surface area (Å²) in [6.07, 6.45) is -3.63. The van der Waals surface area contributed by atoms with E-state index in [1.54, 1.807) is 6.07 Å². The summed E-state index contributed by atoms with van der Waals surface area (Å²) in [4.78, 5) is 13.5. The van der Waals surface area contributed by atoms with E-state index in [4.69, 9.17) is 5.73 Å². The van der Waals surface area contributed by atoms with Gasteiger partial charge in [-0.1, -0.05) is 18.2 Å². The van der Waals surface area contributed by atoms with E-state index >= 15 is 0 Å². The number of hydrogen-bond acceptors (Lipinski definition) is 4. The highest BCUT2D eigenvalue weighted by molar-refractivity contribution is 5.80. The monoisotopic (exact) mass is 316 g/mol. The summed E-state index contributed by atoms with van der Waals surface area (Å²) in [7, 11) is 1.28. The zero-order valence-corrected chi connectivity index (χ0v) is 12.3. The van der Waals surface area contributed by atoms with Crippen LogP contribution >= 0.6 is 0 Å². The third-order valence-electron chi connectivity index (χ3n) is 4.06. The van der Waals surface area contributed by atoms with Gasteiger partial charge in [0.1, 0.15) is 5.54 Å². The molecular formula is C15H19F3N2O2. The van der Waals surface area contributed by atoms with Crippen LogP contribution in [0.1, 0.15) is 24.0 Å². The molecule has 7 heteroatoms. The predicted octanol–water partition coefficient (Wildman–Crippen LogP) is 2.17.